The predicted molar refractivity (Wildman–Crippen MR) is 84.1 cm³/mol. The van der Waals surface area contributed by atoms with Gasteiger partial charge in [-0.1, -0.05) is 42.5 Å². The van der Waals surface area contributed by atoms with Crippen LogP contribution in [0.15, 0.2) is 30.6 Å². The fraction of sp³-hybridized carbons (Fsp3) is 0.400. The molecule has 1 saturated carbocycles. The van der Waals surface area contributed by atoms with E-state index in [9.17, 15) is 0 Å². The van der Waals surface area contributed by atoms with E-state index in [1.165, 1.54) is 32.1 Å². The maximum Gasteiger partial charge on any atom is 0.207 e. The zero-order valence-corrected chi connectivity index (χ0v) is 12.7. The molecule has 3 rings (SSSR count). The number of rotatable bonds is 3. The summed E-state index contributed by atoms with van der Waals surface area (Å²) >= 11 is 12.1. The fourth-order valence-corrected chi connectivity index (χ4v) is 2.98. The normalized spacial score (nSPS) is 16.3. The first kappa shape index (κ1) is 13.8. The number of benzene rings is 1. The first-order valence-electron chi connectivity index (χ1n) is 6.99. The molecule has 0 aliphatic heterocycles. The Balaban J connectivity index is 1.83. The molecule has 0 saturated heterocycles. The van der Waals surface area contributed by atoms with Crippen LogP contribution >= 0.6 is 23.2 Å². The second kappa shape index (κ2) is 6.06. The van der Waals surface area contributed by atoms with Crippen LogP contribution in [0.3, 0.4) is 0 Å². The third-order valence-electron chi connectivity index (χ3n) is 3.76. The Morgan fingerprint density at radius 1 is 1.10 bits per heavy atom. The number of nitrogens with zero attached hydrogens (tertiary/aromatic N) is 2. The molecule has 1 N–H and O–H groups in total. The quantitative estimate of drug-likeness (QED) is 0.871. The van der Waals surface area contributed by atoms with Gasteiger partial charge in [-0.15, -0.1) is 0 Å². The van der Waals surface area contributed by atoms with Crippen molar-refractivity contribution in [1.82, 2.24) is 9.55 Å². The van der Waals surface area contributed by atoms with Gasteiger partial charge in [0, 0.05) is 18.4 Å². The monoisotopic (exact) mass is 309 g/mol. The number of anilines is 1. The standard InChI is InChI=1S/C15H17Cl2N3/c16-13-7-6-12(10-14(13)17)20-9-8-18-15(20)19-11-4-2-1-3-5-11/h6-11H,1-5H2,(H,18,19). The van der Waals surface area contributed by atoms with Gasteiger partial charge in [-0.2, -0.15) is 0 Å². The van der Waals surface area contributed by atoms with Gasteiger partial charge in [0.1, 0.15) is 0 Å². The second-order valence-electron chi connectivity index (χ2n) is 5.20. The van der Waals surface area contributed by atoms with Crippen LogP contribution in [0.1, 0.15) is 32.1 Å². The number of imidazole rings is 1. The van der Waals surface area contributed by atoms with Gasteiger partial charge in [0.2, 0.25) is 5.95 Å². The molecule has 1 fully saturated rings. The first-order chi connectivity index (χ1) is 9.74. The van der Waals surface area contributed by atoms with Gasteiger partial charge in [0.15, 0.2) is 0 Å². The van der Waals surface area contributed by atoms with Crippen molar-refractivity contribution in [3.05, 3.63) is 40.6 Å². The maximum absolute atomic E-state index is 6.09. The van der Waals surface area contributed by atoms with E-state index in [0.29, 0.717) is 16.1 Å². The zero-order chi connectivity index (χ0) is 13.9. The summed E-state index contributed by atoms with van der Waals surface area (Å²) in [6.45, 7) is 0. The summed E-state index contributed by atoms with van der Waals surface area (Å²) in [5, 5.41) is 4.66. The molecule has 0 radical (unpaired) electrons. The van der Waals surface area contributed by atoms with Crippen LogP contribution in [-0.4, -0.2) is 15.6 Å². The van der Waals surface area contributed by atoms with Gasteiger partial charge in [0.25, 0.3) is 0 Å². The molecule has 1 aromatic heterocycles. The molecule has 0 bridgehead atoms. The zero-order valence-electron chi connectivity index (χ0n) is 11.1. The molecule has 1 aliphatic rings. The summed E-state index contributed by atoms with van der Waals surface area (Å²) < 4.78 is 2.01. The van der Waals surface area contributed by atoms with Gasteiger partial charge < -0.3 is 5.32 Å². The molecule has 0 unspecified atom stereocenters. The van der Waals surface area contributed by atoms with Crippen molar-refractivity contribution in [2.75, 3.05) is 5.32 Å². The van der Waals surface area contributed by atoms with Gasteiger partial charge in [0.05, 0.1) is 15.7 Å². The average Bonchev–Trinajstić information content (AvgIpc) is 2.91. The second-order valence-corrected chi connectivity index (χ2v) is 6.01. The van der Waals surface area contributed by atoms with Gasteiger partial charge >= 0.3 is 0 Å². The molecule has 1 aliphatic carbocycles. The highest BCUT2D eigenvalue weighted by atomic mass is 35.5. The van der Waals surface area contributed by atoms with E-state index in [4.69, 9.17) is 23.2 Å². The Labute approximate surface area is 128 Å². The molecule has 20 heavy (non-hydrogen) atoms. The third-order valence-corrected chi connectivity index (χ3v) is 4.50. The lowest BCUT2D eigenvalue weighted by atomic mass is 9.96. The highest BCUT2D eigenvalue weighted by molar-refractivity contribution is 6.42. The number of nitrogens with one attached hydrogen (secondary N) is 1. The summed E-state index contributed by atoms with van der Waals surface area (Å²) in [4.78, 5) is 4.41. The van der Waals surface area contributed by atoms with Crippen molar-refractivity contribution in [3.63, 3.8) is 0 Å². The molecular formula is C15H17Cl2N3. The predicted octanol–water partition coefficient (Wildman–Crippen LogP) is 4.92. The molecule has 0 spiro atoms. The van der Waals surface area contributed by atoms with Gasteiger partial charge in [-0.25, -0.2) is 4.98 Å². The van der Waals surface area contributed by atoms with Crippen LogP contribution in [-0.2, 0) is 0 Å². The van der Waals surface area contributed by atoms with Crippen molar-refractivity contribution in [2.24, 2.45) is 0 Å². The molecule has 0 atom stereocenters. The molecule has 5 heteroatoms. The van der Waals surface area contributed by atoms with Crippen LogP contribution in [0.4, 0.5) is 5.95 Å². The molecular weight excluding hydrogens is 293 g/mol. The third kappa shape index (κ3) is 2.94. The van der Waals surface area contributed by atoms with Crippen molar-refractivity contribution in [3.8, 4) is 5.69 Å². The van der Waals surface area contributed by atoms with Crippen molar-refractivity contribution >= 4 is 29.2 Å². The minimum atomic E-state index is 0.521. The molecule has 106 valence electrons. The molecule has 2 aromatic rings. The van der Waals surface area contributed by atoms with E-state index in [2.05, 4.69) is 10.3 Å². The Morgan fingerprint density at radius 2 is 1.90 bits per heavy atom. The van der Waals surface area contributed by atoms with Crippen LogP contribution in [0.2, 0.25) is 10.0 Å². The van der Waals surface area contributed by atoms with E-state index in [1.807, 2.05) is 29.0 Å². The Bertz CT molecular complexity index is 589. The van der Waals surface area contributed by atoms with Gasteiger partial charge in [-0.3, -0.25) is 4.57 Å². The summed E-state index contributed by atoms with van der Waals surface area (Å²) in [5.41, 5.74) is 0.968. The molecule has 0 amide bonds. The van der Waals surface area contributed by atoms with E-state index in [1.54, 1.807) is 6.20 Å². The number of hydrogen-bond donors (Lipinski definition) is 1. The largest absolute Gasteiger partial charge is 0.353 e. The van der Waals surface area contributed by atoms with Crippen LogP contribution in [0.5, 0.6) is 0 Å². The summed E-state index contributed by atoms with van der Waals surface area (Å²) in [5.74, 6) is 0.871. The van der Waals surface area contributed by atoms with E-state index < -0.39 is 0 Å². The molecule has 3 nitrogen and oxygen atoms in total. The molecule has 1 heterocycles. The molecule has 1 aromatic carbocycles. The Kier molecular flexibility index (Phi) is 4.18. The smallest absolute Gasteiger partial charge is 0.207 e. The van der Waals surface area contributed by atoms with Crippen molar-refractivity contribution in [2.45, 2.75) is 38.1 Å². The highest BCUT2D eigenvalue weighted by Crippen LogP contribution is 2.27. The minimum Gasteiger partial charge on any atom is -0.353 e. The Hall–Kier alpha value is -1.19. The topological polar surface area (TPSA) is 29.9 Å². The van der Waals surface area contributed by atoms with Crippen molar-refractivity contribution < 1.29 is 0 Å². The fourth-order valence-electron chi connectivity index (χ4n) is 2.68. The maximum atomic E-state index is 6.09. The lowest BCUT2D eigenvalue weighted by Crippen LogP contribution is -2.24. The summed E-state index contributed by atoms with van der Waals surface area (Å²) in [6, 6.07) is 6.14. The Morgan fingerprint density at radius 3 is 2.65 bits per heavy atom. The van der Waals surface area contributed by atoms with E-state index in [-0.39, 0.29) is 0 Å². The van der Waals surface area contributed by atoms with Crippen LogP contribution in [0.25, 0.3) is 5.69 Å². The first-order valence-corrected chi connectivity index (χ1v) is 7.75. The number of hydrogen-bond acceptors (Lipinski definition) is 2. The summed E-state index contributed by atoms with van der Waals surface area (Å²) in [6.07, 6.45) is 10.1. The van der Waals surface area contributed by atoms with E-state index in [0.717, 1.165) is 11.6 Å². The number of halogens is 2. The van der Waals surface area contributed by atoms with Crippen LogP contribution < -0.4 is 5.32 Å². The number of aromatic nitrogens is 2. The lowest BCUT2D eigenvalue weighted by molar-refractivity contribution is 0.460. The SMILES string of the molecule is Clc1ccc(-n2ccnc2NC2CCCCC2)cc1Cl. The lowest BCUT2D eigenvalue weighted by Gasteiger charge is -2.23. The minimum absolute atomic E-state index is 0.521. The highest BCUT2D eigenvalue weighted by Gasteiger charge is 2.15. The van der Waals surface area contributed by atoms with Crippen LogP contribution in [0, 0.1) is 0 Å². The average molecular weight is 310 g/mol. The summed E-state index contributed by atoms with van der Waals surface area (Å²) in [7, 11) is 0. The van der Waals surface area contributed by atoms with Crippen molar-refractivity contribution in [1.29, 1.82) is 0 Å². The van der Waals surface area contributed by atoms with E-state index >= 15 is 0 Å². The van der Waals surface area contributed by atoms with Gasteiger partial charge in [-0.05, 0) is 31.0 Å².